The van der Waals surface area contributed by atoms with E-state index < -0.39 is 0 Å². The molecule has 0 saturated heterocycles. The Labute approximate surface area is 126 Å². The highest BCUT2D eigenvalue weighted by atomic mass is 32.2. The van der Waals surface area contributed by atoms with E-state index in [2.05, 4.69) is 15.5 Å². The first-order valence-corrected chi connectivity index (χ1v) is 7.19. The number of hydrogen-bond acceptors (Lipinski definition) is 4. The summed E-state index contributed by atoms with van der Waals surface area (Å²) < 4.78 is 13.0. The van der Waals surface area contributed by atoms with E-state index in [-0.39, 0.29) is 17.0 Å². The Kier molecular flexibility index (Phi) is 5.45. The number of amides is 1. The summed E-state index contributed by atoms with van der Waals surface area (Å²) in [6.07, 6.45) is 3.08. The van der Waals surface area contributed by atoms with Gasteiger partial charge in [0.2, 0.25) is 0 Å². The third kappa shape index (κ3) is 5.00. The van der Waals surface area contributed by atoms with Crippen LogP contribution < -0.4 is 5.43 Å². The number of pyridine rings is 1. The summed E-state index contributed by atoms with van der Waals surface area (Å²) in [6, 6.07) is 11.5. The van der Waals surface area contributed by atoms with Crippen LogP contribution in [0.15, 0.2) is 58.8 Å². The van der Waals surface area contributed by atoms with E-state index in [9.17, 15) is 9.18 Å². The number of hydrogen-bond donors (Lipinski definition) is 1. The maximum Gasteiger partial charge on any atom is 0.253 e. The lowest BCUT2D eigenvalue weighted by atomic mass is 10.2. The number of halogens is 1. The van der Waals surface area contributed by atoms with E-state index in [1.165, 1.54) is 30.1 Å². The van der Waals surface area contributed by atoms with Crippen LogP contribution in [0, 0.1) is 5.82 Å². The molecule has 0 fully saturated rings. The van der Waals surface area contributed by atoms with E-state index in [1.807, 2.05) is 18.2 Å². The van der Waals surface area contributed by atoms with Gasteiger partial charge in [-0.3, -0.25) is 4.79 Å². The predicted octanol–water partition coefficient (Wildman–Crippen LogP) is 2.85. The van der Waals surface area contributed by atoms with Gasteiger partial charge in [0.1, 0.15) is 5.82 Å². The summed E-state index contributed by atoms with van der Waals surface area (Å²) in [6.45, 7) is 1.77. The third-order valence-corrected chi connectivity index (χ3v) is 3.59. The summed E-state index contributed by atoms with van der Waals surface area (Å²) in [5.41, 5.74) is 3.01. The molecule has 1 N–H and O–H groups in total. The molecule has 0 bridgehead atoms. The van der Waals surface area contributed by atoms with E-state index in [0.29, 0.717) is 5.56 Å². The monoisotopic (exact) mass is 303 g/mol. The molecule has 1 unspecified atom stereocenters. The molecule has 108 valence electrons. The van der Waals surface area contributed by atoms with Crippen molar-refractivity contribution in [1.29, 1.82) is 0 Å². The molecule has 0 aliphatic rings. The van der Waals surface area contributed by atoms with Gasteiger partial charge in [-0.2, -0.15) is 5.10 Å². The van der Waals surface area contributed by atoms with Crippen molar-refractivity contribution >= 4 is 23.9 Å². The zero-order valence-electron chi connectivity index (χ0n) is 11.4. The number of benzene rings is 1. The number of rotatable bonds is 5. The second-order valence-electron chi connectivity index (χ2n) is 4.22. The second-order valence-corrected chi connectivity index (χ2v) is 5.58. The lowest BCUT2D eigenvalue weighted by Gasteiger charge is -2.08. The molecule has 0 aliphatic carbocycles. The number of nitrogens with one attached hydrogen (secondary N) is 1. The first-order valence-electron chi connectivity index (χ1n) is 6.31. The molecule has 1 atom stereocenters. The quantitative estimate of drug-likeness (QED) is 0.525. The normalized spacial score (nSPS) is 12.3. The van der Waals surface area contributed by atoms with E-state index in [1.54, 1.807) is 25.3 Å². The van der Waals surface area contributed by atoms with Crippen LogP contribution in [-0.2, 0) is 4.79 Å². The van der Waals surface area contributed by atoms with Crippen LogP contribution in [0.25, 0.3) is 0 Å². The Balaban J connectivity index is 1.86. The molecule has 1 heterocycles. The second kappa shape index (κ2) is 7.54. The summed E-state index contributed by atoms with van der Waals surface area (Å²) in [5.74, 6) is -0.581. The average Bonchev–Trinajstić information content (AvgIpc) is 2.48. The van der Waals surface area contributed by atoms with Crippen LogP contribution in [0.3, 0.4) is 0 Å². The van der Waals surface area contributed by atoms with Crippen molar-refractivity contribution in [1.82, 2.24) is 10.4 Å². The molecule has 2 aromatic rings. The zero-order valence-corrected chi connectivity index (χ0v) is 12.2. The Morgan fingerprint density at radius 2 is 2.24 bits per heavy atom. The minimum absolute atomic E-state index is 0.238. The number of carbonyl (C=O) groups is 1. The summed E-state index contributed by atoms with van der Waals surface area (Å²) in [5, 5.41) is 4.26. The standard InChI is InChI=1S/C15H14FN3OS/c1-11(21-14-7-2-3-8-17-14)15(20)19-18-10-12-5-4-6-13(16)9-12/h2-11H,1H3,(H,19,20). The van der Waals surface area contributed by atoms with Gasteiger partial charge in [0.25, 0.3) is 5.91 Å². The third-order valence-electron chi connectivity index (χ3n) is 2.54. The fraction of sp³-hybridized carbons (Fsp3) is 0.133. The fourth-order valence-electron chi connectivity index (χ4n) is 1.50. The van der Waals surface area contributed by atoms with Crippen molar-refractivity contribution in [2.24, 2.45) is 5.10 Å². The van der Waals surface area contributed by atoms with Crippen molar-refractivity contribution in [2.45, 2.75) is 17.2 Å². The number of aromatic nitrogens is 1. The van der Waals surface area contributed by atoms with Gasteiger partial charge in [0.15, 0.2) is 0 Å². The van der Waals surface area contributed by atoms with Gasteiger partial charge in [-0.25, -0.2) is 14.8 Å². The SMILES string of the molecule is CC(Sc1ccccn1)C(=O)NN=Cc1cccc(F)c1. The molecule has 6 heteroatoms. The minimum atomic E-state index is -0.343. The van der Waals surface area contributed by atoms with Gasteiger partial charge < -0.3 is 0 Å². The molecule has 1 aromatic carbocycles. The van der Waals surface area contributed by atoms with Gasteiger partial charge >= 0.3 is 0 Å². The highest BCUT2D eigenvalue weighted by Gasteiger charge is 2.13. The van der Waals surface area contributed by atoms with Gasteiger partial charge in [0, 0.05) is 6.20 Å². The first kappa shape index (κ1) is 15.2. The Bertz CT molecular complexity index is 634. The summed E-state index contributed by atoms with van der Waals surface area (Å²) in [7, 11) is 0. The highest BCUT2D eigenvalue weighted by molar-refractivity contribution is 8.00. The highest BCUT2D eigenvalue weighted by Crippen LogP contribution is 2.20. The van der Waals surface area contributed by atoms with Crippen LogP contribution in [-0.4, -0.2) is 22.4 Å². The maximum atomic E-state index is 13.0. The Morgan fingerprint density at radius 1 is 1.38 bits per heavy atom. The molecule has 2 rings (SSSR count). The first-order chi connectivity index (χ1) is 10.1. The van der Waals surface area contributed by atoms with Crippen LogP contribution in [0.5, 0.6) is 0 Å². The van der Waals surface area contributed by atoms with E-state index in [4.69, 9.17) is 0 Å². The minimum Gasteiger partial charge on any atom is -0.272 e. The number of carbonyl (C=O) groups excluding carboxylic acids is 1. The lowest BCUT2D eigenvalue weighted by molar-refractivity contribution is -0.120. The van der Waals surface area contributed by atoms with Crippen molar-refractivity contribution in [3.05, 3.63) is 60.0 Å². The molecular formula is C15H14FN3OS. The molecule has 0 radical (unpaired) electrons. The summed E-state index contributed by atoms with van der Waals surface area (Å²) >= 11 is 1.34. The Hall–Kier alpha value is -2.21. The van der Waals surface area contributed by atoms with Crippen molar-refractivity contribution in [2.75, 3.05) is 0 Å². The predicted molar refractivity (Wildman–Crippen MR) is 81.7 cm³/mol. The van der Waals surface area contributed by atoms with Gasteiger partial charge in [0.05, 0.1) is 16.5 Å². The maximum absolute atomic E-state index is 13.0. The van der Waals surface area contributed by atoms with E-state index in [0.717, 1.165) is 5.03 Å². The van der Waals surface area contributed by atoms with Crippen LogP contribution >= 0.6 is 11.8 Å². The van der Waals surface area contributed by atoms with Crippen LogP contribution in [0.1, 0.15) is 12.5 Å². The molecule has 0 saturated carbocycles. The van der Waals surface area contributed by atoms with Gasteiger partial charge in [-0.15, -0.1) is 0 Å². The molecule has 21 heavy (non-hydrogen) atoms. The van der Waals surface area contributed by atoms with Crippen LogP contribution in [0.4, 0.5) is 4.39 Å². The molecule has 1 aromatic heterocycles. The topological polar surface area (TPSA) is 54.4 Å². The average molecular weight is 303 g/mol. The van der Waals surface area contributed by atoms with Gasteiger partial charge in [-0.1, -0.05) is 30.0 Å². The van der Waals surface area contributed by atoms with Crippen molar-refractivity contribution in [3.8, 4) is 0 Å². The number of hydrazone groups is 1. The number of nitrogens with zero attached hydrogens (tertiary/aromatic N) is 2. The lowest BCUT2D eigenvalue weighted by Crippen LogP contribution is -2.26. The van der Waals surface area contributed by atoms with E-state index >= 15 is 0 Å². The Morgan fingerprint density at radius 3 is 2.95 bits per heavy atom. The van der Waals surface area contributed by atoms with Crippen LogP contribution in [0.2, 0.25) is 0 Å². The molecule has 4 nitrogen and oxygen atoms in total. The largest absolute Gasteiger partial charge is 0.272 e. The summed E-state index contributed by atoms with van der Waals surface area (Å²) in [4.78, 5) is 16.0. The smallest absolute Gasteiger partial charge is 0.253 e. The van der Waals surface area contributed by atoms with Crippen molar-refractivity contribution in [3.63, 3.8) is 0 Å². The molecule has 0 spiro atoms. The zero-order chi connectivity index (χ0) is 15.1. The molecular weight excluding hydrogens is 289 g/mol. The fourth-order valence-corrected chi connectivity index (χ4v) is 2.30. The number of thioether (sulfide) groups is 1. The van der Waals surface area contributed by atoms with Gasteiger partial charge in [-0.05, 0) is 36.8 Å². The molecule has 0 aliphatic heterocycles. The van der Waals surface area contributed by atoms with Crippen molar-refractivity contribution < 1.29 is 9.18 Å². The molecule has 1 amide bonds.